The fourth-order valence-electron chi connectivity index (χ4n) is 0.938. The van der Waals surface area contributed by atoms with Crippen molar-refractivity contribution in [1.29, 1.82) is 0 Å². The highest BCUT2D eigenvalue weighted by Crippen LogP contribution is 2.06. The molecule has 0 unspecified atom stereocenters. The number of halogens is 1. The molecule has 2 aromatic rings. The first kappa shape index (κ1) is 9.65. The molecule has 6 nitrogen and oxygen atoms in total. The van der Waals surface area contributed by atoms with E-state index in [9.17, 15) is 4.79 Å². The van der Waals surface area contributed by atoms with Crippen molar-refractivity contribution in [1.82, 2.24) is 20.1 Å². The molecule has 0 radical (unpaired) electrons. The summed E-state index contributed by atoms with van der Waals surface area (Å²) in [6.45, 7) is 0. The molecule has 0 N–H and O–H groups in total. The SMILES string of the molecule is O=c1c2ncccc2nnn1OSI. The van der Waals surface area contributed by atoms with Crippen LogP contribution in [-0.4, -0.2) is 20.1 Å². The lowest BCUT2D eigenvalue weighted by molar-refractivity contribution is 0.251. The summed E-state index contributed by atoms with van der Waals surface area (Å²) in [5.41, 5.74) is 0.281. The van der Waals surface area contributed by atoms with Gasteiger partial charge in [-0.3, -0.25) is 4.79 Å². The average Bonchev–Trinajstić information content (AvgIpc) is 2.23. The number of rotatable bonds is 2. The monoisotopic (exact) mass is 322 g/mol. The van der Waals surface area contributed by atoms with Crippen LogP contribution in [0.1, 0.15) is 0 Å². The molecule has 2 aromatic heterocycles. The third-order valence-corrected chi connectivity index (χ3v) is 2.18. The lowest BCUT2D eigenvalue weighted by Crippen LogP contribution is -2.27. The van der Waals surface area contributed by atoms with Gasteiger partial charge in [0.15, 0.2) is 14.7 Å². The number of fused-ring (bicyclic) bond motifs is 1. The molecule has 0 fully saturated rings. The summed E-state index contributed by atoms with van der Waals surface area (Å²) >= 11 is 1.88. The van der Waals surface area contributed by atoms with Crippen LogP contribution in [0.5, 0.6) is 0 Å². The quantitative estimate of drug-likeness (QED) is 0.596. The highest BCUT2D eigenvalue weighted by Gasteiger charge is 2.06. The van der Waals surface area contributed by atoms with Crippen LogP contribution < -0.4 is 9.84 Å². The van der Waals surface area contributed by atoms with Gasteiger partial charge in [-0.1, -0.05) is 0 Å². The van der Waals surface area contributed by atoms with E-state index in [4.69, 9.17) is 4.28 Å². The first-order valence-electron chi connectivity index (χ1n) is 3.49. The Morgan fingerprint density at radius 3 is 3.21 bits per heavy atom. The largest absolute Gasteiger partial charge is 0.333 e. The van der Waals surface area contributed by atoms with E-state index < -0.39 is 5.56 Å². The van der Waals surface area contributed by atoms with Gasteiger partial charge in [0, 0.05) is 27.4 Å². The molecule has 0 bridgehead atoms. The summed E-state index contributed by atoms with van der Waals surface area (Å²) < 4.78 is 4.84. The normalized spacial score (nSPS) is 10.4. The number of pyridine rings is 1. The van der Waals surface area contributed by atoms with Gasteiger partial charge in [0.25, 0.3) is 0 Å². The first-order chi connectivity index (χ1) is 6.83. The molecule has 0 saturated heterocycles. The maximum absolute atomic E-state index is 11.6. The van der Waals surface area contributed by atoms with Crippen LogP contribution in [0.15, 0.2) is 23.1 Å². The minimum atomic E-state index is -0.417. The van der Waals surface area contributed by atoms with Gasteiger partial charge < -0.3 is 4.28 Å². The van der Waals surface area contributed by atoms with Gasteiger partial charge in [0.1, 0.15) is 5.52 Å². The van der Waals surface area contributed by atoms with Gasteiger partial charge in [-0.2, -0.15) is 0 Å². The van der Waals surface area contributed by atoms with E-state index in [-0.39, 0.29) is 5.52 Å². The van der Waals surface area contributed by atoms with E-state index in [0.717, 1.165) is 14.1 Å². The predicted molar refractivity (Wildman–Crippen MR) is 59.8 cm³/mol. The number of nitrogens with zero attached hydrogens (tertiary/aromatic N) is 4. The lowest BCUT2D eigenvalue weighted by Gasteiger charge is -1.99. The van der Waals surface area contributed by atoms with E-state index in [0.29, 0.717) is 5.52 Å². The topological polar surface area (TPSA) is 69.9 Å². The molecule has 8 heteroatoms. The smallest absolute Gasteiger partial charge is 0.307 e. The van der Waals surface area contributed by atoms with E-state index in [1.165, 1.54) is 6.20 Å². The second-order valence-corrected chi connectivity index (χ2v) is 3.63. The fourth-order valence-corrected chi connectivity index (χ4v) is 1.55. The molecule has 0 spiro atoms. The number of hydrogen-bond acceptors (Lipinski definition) is 6. The second-order valence-electron chi connectivity index (χ2n) is 2.28. The van der Waals surface area contributed by atoms with Crippen molar-refractivity contribution >= 4 is 41.5 Å². The Bertz CT molecular complexity index is 516. The van der Waals surface area contributed by atoms with Gasteiger partial charge >= 0.3 is 5.56 Å². The summed E-state index contributed by atoms with van der Waals surface area (Å²) in [6.07, 6.45) is 1.52. The summed E-state index contributed by atoms with van der Waals surface area (Å²) in [5.74, 6) is 0. The molecule has 14 heavy (non-hydrogen) atoms. The van der Waals surface area contributed by atoms with Gasteiger partial charge in [-0.15, -0.1) is 5.10 Å². The zero-order valence-electron chi connectivity index (χ0n) is 6.62. The van der Waals surface area contributed by atoms with Crippen LogP contribution in [0.2, 0.25) is 0 Å². The lowest BCUT2D eigenvalue weighted by atomic mass is 10.4. The van der Waals surface area contributed by atoms with Gasteiger partial charge in [0.2, 0.25) is 0 Å². The van der Waals surface area contributed by atoms with Crippen LogP contribution in [0.3, 0.4) is 0 Å². The van der Waals surface area contributed by atoms with Crippen molar-refractivity contribution in [2.24, 2.45) is 0 Å². The zero-order chi connectivity index (χ0) is 9.97. The van der Waals surface area contributed by atoms with Crippen LogP contribution >= 0.6 is 30.4 Å². The van der Waals surface area contributed by atoms with Gasteiger partial charge in [0.05, 0.1) is 0 Å². The Morgan fingerprint density at radius 1 is 1.57 bits per heavy atom. The first-order valence-corrected chi connectivity index (χ1v) is 6.78. The molecule has 0 aliphatic rings. The standard InChI is InChI=1S/C6H3IN4O2S/c7-14-13-11-6(12)5-4(9-10-11)2-1-3-8-5/h1-3H. The van der Waals surface area contributed by atoms with Crippen molar-refractivity contribution in [2.45, 2.75) is 0 Å². The van der Waals surface area contributed by atoms with E-state index in [1.54, 1.807) is 12.1 Å². The molecule has 0 aromatic carbocycles. The Morgan fingerprint density at radius 2 is 2.43 bits per heavy atom. The van der Waals surface area contributed by atoms with Crippen LogP contribution in [0.4, 0.5) is 0 Å². The average molecular weight is 322 g/mol. The maximum Gasteiger partial charge on any atom is 0.333 e. The maximum atomic E-state index is 11.6. The zero-order valence-corrected chi connectivity index (χ0v) is 9.60. The van der Waals surface area contributed by atoms with Crippen LogP contribution in [0, 0.1) is 0 Å². The second kappa shape index (κ2) is 4.09. The Hall–Kier alpha value is -0.900. The highest BCUT2D eigenvalue weighted by molar-refractivity contribution is 14.2. The molecular formula is C6H3IN4O2S. The third-order valence-electron chi connectivity index (χ3n) is 1.50. The van der Waals surface area contributed by atoms with E-state index in [2.05, 4.69) is 15.3 Å². The minimum Gasteiger partial charge on any atom is -0.307 e. The molecule has 0 amide bonds. The Kier molecular flexibility index (Phi) is 2.82. The molecule has 72 valence electrons. The fraction of sp³-hybridized carbons (Fsp3) is 0. The molecule has 0 atom stereocenters. The van der Waals surface area contributed by atoms with Gasteiger partial charge in [-0.05, 0) is 22.2 Å². The van der Waals surface area contributed by atoms with Gasteiger partial charge in [-0.25, -0.2) is 4.98 Å². The summed E-state index contributed by atoms with van der Waals surface area (Å²) in [6, 6.07) is 3.35. The molecule has 0 aliphatic heterocycles. The summed E-state index contributed by atoms with van der Waals surface area (Å²) in [7, 11) is 0.980. The van der Waals surface area contributed by atoms with Crippen molar-refractivity contribution in [3.8, 4) is 0 Å². The van der Waals surface area contributed by atoms with Crippen molar-refractivity contribution < 1.29 is 4.28 Å². The van der Waals surface area contributed by atoms with Crippen molar-refractivity contribution in [3.05, 3.63) is 28.7 Å². The van der Waals surface area contributed by atoms with Crippen molar-refractivity contribution in [2.75, 3.05) is 0 Å². The molecule has 2 rings (SSSR count). The van der Waals surface area contributed by atoms with Crippen molar-refractivity contribution in [3.63, 3.8) is 0 Å². The highest BCUT2D eigenvalue weighted by atomic mass is 127. The summed E-state index contributed by atoms with van der Waals surface area (Å²) in [4.78, 5) is 16.3. The molecule has 2 heterocycles. The Balaban J connectivity index is 2.69. The van der Waals surface area contributed by atoms with E-state index in [1.807, 2.05) is 21.2 Å². The Labute approximate surface area is 94.4 Å². The molecule has 0 aliphatic carbocycles. The predicted octanol–water partition coefficient (Wildman–Crippen LogP) is 0.613. The minimum absolute atomic E-state index is 0.243. The number of aromatic nitrogens is 4. The summed E-state index contributed by atoms with van der Waals surface area (Å²) in [5, 5.41) is 7.33. The van der Waals surface area contributed by atoms with Crippen LogP contribution in [0.25, 0.3) is 11.0 Å². The molecule has 0 saturated carbocycles. The molecular weight excluding hydrogens is 319 g/mol. The van der Waals surface area contributed by atoms with Crippen LogP contribution in [-0.2, 0) is 0 Å². The third kappa shape index (κ3) is 1.66. The van der Waals surface area contributed by atoms with E-state index >= 15 is 0 Å². The number of hydrogen-bond donors (Lipinski definition) is 0.